The third-order valence-corrected chi connectivity index (χ3v) is 4.75. The van der Waals surface area contributed by atoms with Gasteiger partial charge in [0.05, 0.1) is 22.2 Å². The van der Waals surface area contributed by atoms with Gasteiger partial charge in [-0.1, -0.05) is 6.07 Å². The van der Waals surface area contributed by atoms with Gasteiger partial charge in [0, 0.05) is 25.5 Å². The van der Waals surface area contributed by atoms with E-state index >= 15 is 0 Å². The van der Waals surface area contributed by atoms with Crippen molar-refractivity contribution in [2.45, 2.75) is 24.8 Å². The fraction of sp³-hybridized carbons (Fsp3) is 0.333. The lowest BCUT2D eigenvalue weighted by atomic mass is 10.5. The zero-order valence-corrected chi connectivity index (χ0v) is 14.3. The van der Waals surface area contributed by atoms with Crippen molar-refractivity contribution >= 4 is 22.5 Å². The highest BCUT2D eigenvalue weighted by Crippen LogP contribution is 2.10. The van der Waals surface area contributed by atoms with Crippen LogP contribution >= 0.6 is 0 Å². The molecular weight excluding hydrogens is 328 g/mol. The first-order valence-electron chi connectivity index (χ1n) is 7.64. The minimum absolute atomic E-state index is 0.132. The fourth-order valence-corrected chi connectivity index (χ4v) is 3.22. The number of fused-ring (bicyclic) bond motifs is 1. The van der Waals surface area contributed by atoms with Gasteiger partial charge in [-0.15, -0.1) is 5.10 Å². The monoisotopic (exact) mass is 346 g/mol. The molecule has 0 saturated heterocycles. The number of nitrogens with zero attached hydrogens (tertiary/aromatic N) is 6. The summed E-state index contributed by atoms with van der Waals surface area (Å²) >= 11 is 0. The van der Waals surface area contributed by atoms with Crippen LogP contribution < -0.4 is 0 Å². The van der Waals surface area contributed by atoms with Crippen LogP contribution in [-0.2, 0) is 16.6 Å². The molecule has 1 unspecified atom stereocenters. The quantitative estimate of drug-likeness (QED) is 0.699. The molecule has 0 aliphatic carbocycles. The molecule has 0 fully saturated rings. The predicted molar refractivity (Wildman–Crippen MR) is 89.0 cm³/mol. The molecule has 3 rings (SSSR count). The zero-order valence-electron chi connectivity index (χ0n) is 13.5. The van der Waals surface area contributed by atoms with Gasteiger partial charge in [0.1, 0.15) is 12.0 Å². The van der Waals surface area contributed by atoms with Crippen molar-refractivity contribution in [3.63, 3.8) is 0 Å². The standard InChI is InChI=1S/C15H18N6O2S/c1-3-19(4-2)15(22)21-11-16-14(18-21)24(23)10-12-9-20-8-6-5-7-13(20)17-12/h5-9,11H,3-4,10H2,1-2H3. The van der Waals surface area contributed by atoms with Crippen LogP contribution in [0.2, 0.25) is 0 Å². The van der Waals surface area contributed by atoms with Gasteiger partial charge in [-0.05, 0) is 26.0 Å². The van der Waals surface area contributed by atoms with Gasteiger partial charge in [-0.3, -0.25) is 4.21 Å². The molecule has 3 heterocycles. The Hall–Kier alpha value is -2.55. The molecule has 1 amide bonds. The second-order valence-electron chi connectivity index (χ2n) is 5.11. The van der Waals surface area contributed by atoms with Crippen molar-refractivity contribution in [2.75, 3.05) is 13.1 Å². The molecule has 0 bridgehead atoms. The summed E-state index contributed by atoms with van der Waals surface area (Å²) < 4.78 is 15.4. The molecule has 9 heteroatoms. The molecule has 0 aliphatic heterocycles. The summed E-state index contributed by atoms with van der Waals surface area (Å²) in [4.78, 5) is 22.2. The normalized spacial score (nSPS) is 12.4. The van der Waals surface area contributed by atoms with E-state index in [1.807, 2.05) is 48.8 Å². The summed E-state index contributed by atoms with van der Waals surface area (Å²) in [5, 5.41) is 4.19. The molecule has 0 aromatic carbocycles. The van der Waals surface area contributed by atoms with E-state index in [0.29, 0.717) is 18.8 Å². The van der Waals surface area contributed by atoms with Crippen LogP contribution in [-0.4, -0.2) is 52.4 Å². The van der Waals surface area contributed by atoms with E-state index in [9.17, 15) is 9.00 Å². The topological polar surface area (TPSA) is 85.4 Å². The van der Waals surface area contributed by atoms with Crippen LogP contribution in [0.4, 0.5) is 4.79 Å². The molecule has 0 radical (unpaired) electrons. The van der Waals surface area contributed by atoms with E-state index in [1.165, 1.54) is 6.33 Å². The third-order valence-electron chi connectivity index (χ3n) is 3.60. The summed E-state index contributed by atoms with van der Waals surface area (Å²) in [5.74, 6) is 0.200. The average Bonchev–Trinajstić information content (AvgIpc) is 3.22. The molecule has 3 aromatic rings. The summed E-state index contributed by atoms with van der Waals surface area (Å²) in [5.41, 5.74) is 1.48. The van der Waals surface area contributed by atoms with E-state index in [-0.39, 0.29) is 16.9 Å². The molecule has 1 atom stereocenters. The molecule has 24 heavy (non-hydrogen) atoms. The number of hydrogen-bond acceptors (Lipinski definition) is 5. The van der Waals surface area contributed by atoms with Crippen LogP contribution in [0.15, 0.2) is 42.1 Å². The first-order valence-corrected chi connectivity index (χ1v) is 8.96. The van der Waals surface area contributed by atoms with Gasteiger partial charge in [0.2, 0.25) is 5.16 Å². The Kier molecular flexibility index (Phi) is 4.70. The molecular formula is C15H18N6O2S. The lowest BCUT2D eigenvalue weighted by Gasteiger charge is -2.17. The second-order valence-corrected chi connectivity index (χ2v) is 6.46. The summed E-state index contributed by atoms with van der Waals surface area (Å²) in [6.45, 7) is 4.94. The van der Waals surface area contributed by atoms with Gasteiger partial charge < -0.3 is 9.30 Å². The number of carbonyl (C=O) groups excluding carboxylic acids is 1. The molecule has 0 spiro atoms. The van der Waals surface area contributed by atoms with E-state index in [2.05, 4.69) is 15.1 Å². The van der Waals surface area contributed by atoms with Crippen molar-refractivity contribution in [1.82, 2.24) is 29.0 Å². The Bertz CT molecular complexity index is 850. The van der Waals surface area contributed by atoms with Gasteiger partial charge in [0.15, 0.2) is 0 Å². The molecule has 0 aliphatic rings. The van der Waals surface area contributed by atoms with Crippen LogP contribution in [0.3, 0.4) is 0 Å². The van der Waals surface area contributed by atoms with Crippen LogP contribution in [0.25, 0.3) is 5.65 Å². The van der Waals surface area contributed by atoms with Crippen molar-refractivity contribution in [3.8, 4) is 0 Å². The summed E-state index contributed by atoms with van der Waals surface area (Å²) in [6.07, 6.45) is 5.01. The molecule has 0 N–H and O–H groups in total. The first-order chi connectivity index (χ1) is 11.6. The highest BCUT2D eigenvalue weighted by molar-refractivity contribution is 7.84. The Morgan fingerprint density at radius 2 is 2.08 bits per heavy atom. The van der Waals surface area contributed by atoms with E-state index in [4.69, 9.17) is 0 Å². The van der Waals surface area contributed by atoms with Crippen LogP contribution in [0.5, 0.6) is 0 Å². The number of pyridine rings is 1. The maximum atomic E-state index is 12.4. The van der Waals surface area contributed by atoms with Gasteiger partial charge in [0.25, 0.3) is 0 Å². The van der Waals surface area contributed by atoms with Gasteiger partial charge in [-0.2, -0.15) is 4.68 Å². The molecule has 3 aromatic heterocycles. The van der Waals surface area contributed by atoms with Gasteiger partial charge in [-0.25, -0.2) is 14.8 Å². The number of rotatable bonds is 5. The SMILES string of the molecule is CCN(CC)C(=O)n1cnc(S(=O)Cc2cn3ccccc3n2)n1. The maximum Gasteiger partial charge on any atom is 0.346 e. The Balaban J connectivity index is 1.75. The molecule has 8 nitrogen and oxygen atoms in total. The zero-order chi connectivity index (χ0) is 17.1. The minimum Gasteiger partial charge on any atom is -0.323 e. The Morgan fingerprint density at radius 1 is 1.29 bits per heavy atom. The number of hydrogen-bond donors (Lipinski definition) is 0. The average molecular weight is 346 g/mol. The fourth-order valence-electron chi connectivity index (χ4n) is 2.34. The number of imidazole rings is 1. The van der Waals surface area contributed by atoms with E-state index in [1.54, 1.807) is 4.90 Å². The minimum atomic E-state index is -1.46. The largest absolute Gasteiger partial charge is 0.346 e. The van der Waals surface area contributed by atoms with Crippen LogP contribution in [0.1, 0.15) is 19.5 Å². The molecule has 0 saturated carbocycles. The second kappa shape index (κ2) is 6.91. The van der Waals surface area contributed by atoms with Gasteiger partial charge >= 0.3 is 6.03 Å². The van der Waals surface area contributed by atoms with E-state index in [0.717, 1.165) is 10.3 Å². The maximum absolute atomic E-state index is 12.4. The van der Waals surface area contributed by atoms with Crippen molar-refractivity contribution in [3.05, 3.63) is 42.6 Å². The number of amides is 1. The predicted octanol–water partition coefficient (Wildman–Crippen LogP) is 1.54. The molecule has 126 valence electrons. The van der Waals surface area contributed by atoms with Crippen molar-refractivity contribution in [1.29, 1.82) is 0 Å². The highest BCUT2D eigenvalue weighted by atomic mass is 32.2. The van der Waals surface area contributed by atoms with Crippen molar-refractivity contribution < 1.29 is 9.00 Å². The highest BCUT2D eigenvalue weighted by Gasteiger charge is 2.18. The Morgan fingerprint density at radius 3 is 2.79 bits per heavy atom. The van der Waals surface area contributed by atoms with E-state index < -0.39 is 10.8 Å². The summed E-state index contributed by atoms with van der Waals surface area (Å²) in [7, 11) is -1.46. The number of aromatic nitrogens is 5. The summed E-state index contributed by atoms with van der Waals surface area (Å²) in [6, 6.07) is 5.40. The van der Waals surface area contributed by atoms with Crippen LogP contribution in [0, 0.1) is 0 Å². The Labute approximate surface area is 141 Å². The number of carbonyl (C=O) groups is 1. The smallest absolute Gasteiger partial charge is 0.323 e. The van der Waals surface area contributed by atoms with Crippen molar-refractivity contribution in [2.24, 2.45) is 0 Å². The lowest BCUT2D eigenvalue weighted by Crippen LogP contribution is -2.34. The lowest BCUT2D eigenvalue weighted by molar-refractivity contribution is 0.201. The third kappa shape index (κ3) is 3.21. The first kappa shape index (κ1) is 16.3.